The number of esters is 1. The van der Waals surface area contributed by atoms with Crippen molar-refractivity contribution in [2.75, 3.05) is 13.1 Å². The summed E-state index contributed by atoms with van der Waals surface area (Å²) in [5, 5.41) is 2.44. The van der Waals surface area contributed by atoms with Crippen LogP contribution in [0.2, 0.25) is 0 Å². The smallest absolute Gasteiger partial charge is 0.330 e. The minimum Gasteiger partial charge on any atom is -0.424 e. The molecule has 2 heterocycles. The molecule has 144 valence electrons. The first-order valence-electron chi connectivity index (χ1n) is 8.58. The summed E-state index contributed by atoms with van der Waals surface area (Å²) in [6.07, 6.45) is 3.64. The topological polar surface area (TPSA) is 97.0 Å². The van der Waals surface area contributed by atoms with Crippen LogP contribution in [0, 0.1) is 5.82 Å². The molecule has 1 amide bonds. The van der Waals surface area contributed by atoms with Crippen molar-refractivity contribution in [2.24, 2.45) is 10.7 Å². The summed E-state index contributed by atoms with van der Waals surface area (Å²) in [4.78, 5) is 28.8. The number of nitrogens with two attached hydrogens (primary N) is 1. The van der Waals surface area contributed by atoms with Crippen LogP contribution in [0.5, 0.6) is 5.75 Å². The molecule has 1 fully saturated rings. The number of nitrogens with one attached hydrogen (secondary N) is 1. The van der Waals surface area contributed by atoms with Crippen LogP contribution in [-0.4, -0.2) is 40.7 Å². The molecular formula is C18H21FN4O3S. The second-order valence-corrected chi connectivity index (χ2v) is 7.88. The number of aliphatic imine (C=N–C) groups is 1. The highest BCUT2D eigenvalue weighted by atomic mass is 32.2. The van der Waals surface area contributed by atoms with E-state index in [0.717, 1.165) is 32.0 Å². The molecule has 9 heteroatoms. The van der Waals surface area contributed by atoms with E-state index in [1.54, 1.807) is 6.08 Å². The summed E-state index contributed by atoms with van der Waals surface area (Å²) in [6.45, 7) is 4.60. The van der Waals surface area contributed by atoms with Gasteiger partial charge in [0, 0.05) is 24.7 Å². The van der Waals surface area contributed by atoms with E-state index in [2.05, 4.69) is 10.4 Å². The third kappa shape index (κ3) is 4.74. The molecule has 0 bridgehead atoms. The van der Waals surface area contributed by atoms with Crippen molar-refractivity contribution in [1.29, 1.82) is 0 Å². The standard InChI is InChI=1S/C18H21FN4O3S/c1-18(2,20)16(25)26-13-10-12(19)6-5-11(13)9-14-15(24)22-17(27-14)23-8-4-3-7-21-23/h5-6,9-10,21H,3-4,7-8,20H2,1-2H3. The van der Waals surface area contributed by atoms with Crippen molar-refractivity contribution in [3.05, 3.63) is 34.5 Å². The van der Waals surface area contributed by atoms with Crippen LogP contribution in [0.1, 0.15) is 32.3 Å². The fourth-order valence-corrected chi connectivity index (χ4v) is 3.36. The number of thioether (sulfide) groups is 1. The van der Waals surface area contributed by atoms with E-state index in [1.807, 2.05) is 5.01 Å². The molecule has 27 heavy (non-hydrogen) atoms. The summed E-state index contributed by atoms with van der Waals surface area (Å²) in [5.74, 6) is -1.64. The van der Waals surface area contributed by atoms with Crippen LogP contribution in [0.15, 0.2) is 28.1 Å². The Labute approximate surface area is 160 Å². The molecule has 0 aromatic heterocycles. The van der Waals surface area contributed by atoms with Crippen molar-refractivity contribution in [1.82, 2.24) is 10.4 Å². The average Bonchev–Trinajstić information content (AvgIpc) is 2.98. The number of carbonyl (C=O) groups is 2. The lowest BCUT2D eigenvalue weighted by atomic mass is 10.1. The molecule has 2 aliphatic rings. The number of amidine groups is 1. The Hall–Kier alpha value is -2.23. The first kappa shape index (κ1) is 19.5. The number of hydrogen-bond donors (Lipinski definition) is 2. The SMILES string of the molecule is CC(C)(N)C(=O)Oc1cc(F)ccc1C=C1SC(N2CCCCN2)=NC1=O. The summed E-state index contributed by atoms with van der Waals surface area (Å²) < 4.78 is 18.9. The molecule has 0 spiro atoms. The number of rotatable bonds is 3. The van der Waals surface area contributed by atoms with Gasteiger partial charge in [0.15, 0.2) is 5.17 Å². The van der Waals surface area contributed by atoms with Crippen LogP contribution >= 0.6 is 11.8 Å². The van der Waals surface area contributed by atoms with Gasteiger partial charge in [0.05, 0.1) is 4.91 Å². The third-order valence-corrected chi connectivity index (χ3v) is 4.95. The Kier molecular flexibility index (Phi) is 5.64. The quantitative estimate of drug-likeness (QED) is 0.462. The van der Waals surface area contributed by atoms with Crippen LogP contribution in [-0.2, 0) is 9.59 Å². The Morgan fingerprint density at radius 3 is 2.89 bits per heavy atom. The van der Waals surface area contributed by atoms with Gasteiger partial charge in [0.25, 0.3) is 5.91 Å². The molecule has 0 aliphatic carbocycles. The summed E-state index contributed by atoms with van der Waals surface area (Å²) in [7, 11) is 0. The largest absolute Gasteiger partial charge is 0.424 e. The maximum atomic E-state index is 13.6. The number of ether oxygens (including phenoxy) is 1. The van der Waals surface area contributed by atoms with Crippen LogP contribution in [0.3, 0.4) is 0 Å². The van der Waals surface area contributed by atoms with Crippen molar-refractivity contribution < 1.29 is 18.7 Å². The number of hydrogen-bond acceptors (Lipinski definition) is 7. The van der Waals surface area contributed by atoms with E-state index in [-0.39, 0.29) is 11.7 Å². The van der Waals surface area contributed by atoms with Gasteiger partial charge in [0.2, 0.25) is 0 Å². The monoisotopic (exact) mass is 392 g/mol. The molecule has 0 unspecified atom stereocenters. The zero-order valence-electron chi connectivity index (χ0n) is 15.1. The number of benzene rings is 1. The lowest BCUT2D eigenvalue weighted by Gasteiger charge is -2.28. The van der Waals surface area contributed by atoms with Gasteiger partial charge in [0.1, 0.15) is 17.1 Å². The fourth-order valence-electron chi connectivity index (χ4n) is 2.45. The second-order valence-electron chi connectivity index (χ2n) is 6.87. The number of halogens is 1. The average molecular weight is 392 g/mol. The highest BCUT2D eigenvalue weighted by Gasteiger charge is 2.28. The van der Waals surface area contributed by atoms with Gasteiger partial charge in [-0.15, -0.1) is 0 Å². The van der Waals surface area contributed by atoms with E-state index in [4.69, 9.17) is 10.5 Å². The summed E-state index contributed by atoms with van der Waals surface area (Å²) in [6, 6.07) is 3.77. The molecule has 0 atom stereocenters. The molecule has 3 rings (SSSR count). The van der Waals surface area contributed by atoms with Gasteiger partial charge in [-0.3, -0.25) is 9.80 Å². The van der Waals surface area contributed by atoms with Crippen molar-refractivity contribution in [2.45, 2.75) is 32.2 Å². The zero-order valence-corrected chi connectivity index (χ0v) is 15.9. The lowest BCUT2D eigenvalue weighted by Crippen LogP contribution is -2.45. The predicted molar refractivity (Wildman–Crippen MR) is 102 cm³/mol. The van der Waals surface area contributed by atoms with Crippen LogP contribution in [0.25, 0.3) is 6.08 Å². The lowest BCUT2D eigenvalue weighted by molar-refractivity contribution is -0.139. The zero-order chi connectivity index (χ0) is 19.6. The molecule has 1 aromatic rings. The van der Waals surface area contributed by atoms with E-state index in [0.29, 0.717) is 15.6 Å². The van der Waals surface area contributed by atoms with Crippen LogP contribution < -0.4 is 15.9 Å². The Bertz CT molecular complexity index is 826. The van der Waals surface area contributed by atoms with E-state index in [9.17, 15) is 14.0 Å². The van der Waals surface area contributed by atoms with Gasteiger partial charge in [-0.05, 0) is 56.7 Å². The number of nitrogens with zero attached hydrogens (tertiary/aromatic N) is 2. The molecule has 0 radical (unpaired) electrons. The van der Waals surface area contributed by atoms with Gasteiger partial charge in [-0.1, -0.05) is 0 Å². The first-order chi connectivity index (χ1) is 12.7. The van der Waals surface area contributed by atoms with Crippen LogP contribution in [0.4, 0.5) is 4.39 Å². The highest BCUT2D eigenvalue weighted by Crippen LogP contribution is 2.33. The third-order valence-electron chi connectivity index (χ3n) is 3.94. The van der Waals surface area contributed by atoms with Crippen molar-refractivity contribution >= 4 is 34.9 Å². The molecule has 3 N–H and O–H groups in total. The van der Waals surface area contributed by atoms with Crippen molar-refractivity contribution in [3.63, 3.8) is 0 Å². The van der Waals surface area contributed by atoms with Gasteiger partial charge in [-0.25, -0.2) is 14.6 Å². The van der Waals surface area contributed by atoms with Gasteiger partial charge in [-0.2, -0.15) is 4.99 Å². The second kappa shape index (κ2) is 7.79. The molecule has 0 saturated carbocycles. The highest BCUT2D eigenvalue weighted by molar-refractivity contribution is 8.18. The maximum Gasteiger partial charge on any atom is 0.330 e. The molecular weight excluding hydrogens is 371 g/mol. The number of amides is 1. The Morgan fingerprint density at radius 2 is 2.22 bits per heavy atom. The minimum atomic E-state index is -1.23. The van der Waals surface area contributed by atoms with Gasteiger partial charge < -0.3 is 10.5 Å². The van der Waals surface area contributed by atoms with E-state index < -0.39 is 17.3 Å². The first-order valence-corrected chi connectivity index (χ1v) is 9.40. The normalized spacial score (nSPS) is 19.4. The van der Waals surface area contributed by atoms with E-state index in [1.165, 1.54) is 37.7 Å². The maximum absolute atomic E-state index is 13.6. The van der Waals surface area contributed by atoms with Gasteiger partial charge >= 0.3 is 5.97 Å². The predicted octanol–water partition coefficient (Wildman–Crippen LogP) is 2.04. The molecule has 7 nitrogen and oxygen atoms in total. The Morgan fingerprint density at radius 1 is 1.44 bits per heavy atom. The summed E-state index contributed by atoms with van der Waals surface area (Å²) in [5.41, 5.74) is 8.09. The Balaban J connectivity index is 1.82. The number of hydrazine groups is 1. The molecule has 1 aromatic carbocycles. The van der Waals surface area contributed by atoms with E-state index >= 15 is 0 Å². The molecule has 2 aliphatic heterocycles. The van der Waals surface area contributed by atoms with Crippen molar-refractivity contribution in [3.8, 4) is 5.75 Å². The molecule has 1 saturated heterocycles. The number of carbonyl (C=O) groups excluding carboxylic acids is 2. The minimum absolute atomic E-state index is 0.00368. The fraction of sp³-hybridized carbons (Fsp3) is 0.389. The summed E-state index contributed by atoms with van der Waals surface area (Å²) >= 11 is 1.22.